The van der Waals surface area contributed by atoms with Crippen LogP contribution in [0.25, 0.3) is 0 Å². The zero-order valence-corrected chi connectivity index (χ0v) is 19.1. The molecule has 0 saturated carbocycles. The predicted octanol–water partition coefficient (Wildman–Crippen LogP) is 7.71. The zero-order chi connectivity index (χ0) is 16.5. The number of hydrogen-bond acceptors (Lipinski definition) is 1. The molecule has 1 nitrogen and oxygen atoms in total. The minimum atomic E-state index is -2.25. The Morgan fingerprint density at radius 2 is 1.00 bits per heavy atom. The molecular weight excluding hydrogens is 375 g/mol. The quantitative estimate of drug-likeness (QED) is 0.173. The fourth-order valence-corrected chi connectivity index (χ4v) is 16.7. The van der Waals surface area contributed by atoms with Gasteiger partial charge in [-0.2, -0.15) is 0 Å². The Kier molecular flexibility index (Phi) is 17.2. The molecule has 0 spiro atoms. The molecule has 0 heterocycles. The van der Waals surface area contributed by atoms with Crippen LogP contribution in [0.5, 0.6) is 0 Å². The molecule has 0 bridgehead atoms. The zero-order valence-electron chi connectivity index (χ0n) is 16.2. The molecule has 0 atom stereocenters. The number of hydrogen-bond donors (Lipinski definition) is 0. The molecule has 0 aliphatic carbocycles. The van der Waals surface area contributed by atoms with Crippen LogP contribution in [-0.4, -0.2) is 25.4 Å². The molecule has 0 saturated heterocycles. The van der Waals surface area contributed by atoms with E-state index in [2.05, 4.69) is 27.7 Å². The number of unbranched alkanes of at least 4 members (excludes halogenated alkanes) is 8. The Morgan fingerprint density at radius 1 is 0.500 bits per heavy atom. The summed E-state index contributed by atoms with van der Waals surface area (Å²) in [6, 6.07) is 0. The summed E-state index contributed by atoms with van der Waals surface area (Å²) in [5.74, 6) is 0. The SMILES string of the molecule is CCCCCCCCC[O][Sn]([CH2]CC)([CH2]CCC)[CH2]CCC. The van der Waals surface area contributed by atoms with E-state index in [0.717, 1.165) is 6.61 Å². The summed E-state index contributed by atoms with van der Waals surface area (Å²) < 4.78 is 11.1. The van der Waals surface area contributed by atoms with Crippen molar-refractivity contribution < 1.29 is 3.07 Å². The van der Waals surface area contributed by atoms with Crippen molar-refractivity contribution in [2.45, 2.75) is 118 Å². The van der Waals surface area contributed by atoms with E-state index in [1.165, 1.54) is 90.4 Å². The van der Waals surface area contributed by atoms with Gasteiger partial charge in [-0.05, 0) is 0 Å². The predicted molar refractivity (Wildman–Crippen MR) is 104 cm³/mol. The molecule has 0 aromatic heterocycles. The summed E-state index contributed by atoms with van der Waals surface area (Å²) in [6.07, 6.45) is 16.6. The summed E-state index contributed by atoms with van der Waals surface area (Å²) in [5.41, 5.74) is 0. The van der Waals surface area contributed by atoms with Gasteiger partial charge in [0.1, 0.15) is 0 Å². The Balaban J connectivity index is 4.03. The van der Waals surface area contributed by atoms with Gasteiger partial charge in [0.05, 0.1) is 0 Å². The van der Waals surface area contributed by atoms with Crippen LogP contribution < -0.4 is 0 Å². The first-order valence-electron chi connectivity index (χ1n) is 10.4. The molecule has 0 fully saturated rings. The molecule has 0 aliphatic rings. The van der Waals surface area contributed by atoms with E-state index in [4.69, 9.17) is 3.07 Å². The van der Waals surface area contributed by atoms with Gasteiger partial charge in [-0.15, -0.1) is 0 Å². The molecule has 134 valence electrons. The average molecular weight is 419 g/mol. The van der Waals surface area contributed by atoms with Crippen molar-refractivity contribution in [3.8, 4) is 0 Å². The first kappa shape index (κ1) is 22.8. The second-order valence-corrected chi connectivity index (χ2v) is 19.0. The van der Waals surface area contributed by atoms with Crippen molar-refractivity contribution >= 4 is 18.8 Å². The monoisotopic (exact) mass is 420 g/mol. The third kappa shape index (κ3) is 12.2. The van der Waals surface area contributed by atoms with Crippen molar-refractivity contribution in [2.75, 3.05) is 6.61 Å². The van der Waals surface area contributed by atoms with Crippen LogP contribution in [0.1, 0.15) is 105 Å². The van der Waals surface area contributed by atoms with E-state index in [9.17, 15) is 0 Å². The fraction of sp³-hybridized carbons (Fsp3) is 1.00. The Morgan fingerprint density at radius 3 is 1.50 bits per heavy atom. The summed E-state index contributed by atoms with van der Waals surface area (Å²) in [7, 11) is 0. The van der Waals surface area contributed by atoms with Crippen molar-refractivity contribution in [3.05, 3.63) is 0 Å². The Bertz CT molecular complexity index is 210. The first-order chi connectivity index (χ1) is 10.7. The molecule has 0 aliphatic heterocycles. The summed E-state index contributed by atoms with van der Waals surface area (Å²) in [4.78, 5) is 0. The minimum absolute atomic E-state index is 1.08. The van der Waals surface area contributed by atoms with E-state index in [1.54, 1.807) is 0 Å². The third-order valence-electron chi connectivity index (χ3n) is 4.83. The van der Waals surface area contributed by atoms with Gasteiger partial charge in [0.25, 0.3) is 0 Å². The van der Waals surface area contributed by atoms with Crippen LogP contribution in [0, 0.1) is 0 Å². The van der Waals surface area contributed by atoms with Crippen LogP contribution in [0.2, 0.25) is 13.3 Å². The molecule has 0 amide bonds. The molecule has 0 N–H and O–H groups in total. The van der Waals surface area contributed by atoms with Crippen LogP contribution in [0.15, 0.2) is 0 Å². The molecule has 0 rings (SSSR count). The van der Waals surface area contributed by atoms with Gasteiger partial charge in [0.15, 0.2) is 0 Å². The van der Waals surface area contributed by atoms with Gasteiger partial charge >= 0.3 is 147 Å². The third-order valence-corrected chi connectivity index (χ3v) is 18.4. The molecule has 0 unspecified atom stereocenters. The van der Waals surface area contributed by atoms with Crippen molar-refractivity contribution in [3.63, 3.8) is 0 Å². The van der Waals surface area contributed by atoms with E-state index < -0.39 is 18.8 Å². The van der Waals surface area contributed by atoms with Gasteiger partial charge in [0, 0.05) is 0 Å². The Hall–Kier alpha value is 0.759. The van der Waals surface area contributed by atoms with Crippen LogP contribution >= 0.6 is 0 Å². The van der Waals surface area contributed by atoms with Crippen molar-refractivity contribution in [1.29, 1.82) is 0 Å². The Labute approximate surface area is 146 Å². The second kappa shape index (κ2) is 16.6. The molecule has 0 radical (unpaired) electrons. The topological polar surface area (TPSA) is 9.23 Å². The normalized spacial score (nSPS) is 12.0. The van der Waals surface area contributed by atoms with Crippen LogP contribution in [0.4, 0.5) is 0 Å². The second-order valence-electron chi connectivity index (χ2n) is 7.11. The fourth-order valence-electron chi connectivity index (χ4n) is 3.39. The molecular formula is C20H44OSn. The van der Waals surface area contributed by atoms with Gasteiger partial charge in [0.2, 0.25) is 0 Å². The van der Waals surface area contributed by atoms with Crippen LogP contribution in [0.3, 0.4) is 0 Å². The van der Waals surface area contributed by atoms with Gasteiger partial charge in [-0.3, -0.25) is 0 Å². The molecule has 0 aromatic rings. The van der Waals surface area contributed by atoms with Gasteiger partial charge in [-0.1, -0.05) is 0 Å². The van der Waals surface area contributed by atoms with E-state index in [1.807, 2.05) is 0 Å². The summed E-state index contributed by atoms with van der Waals surface area (Å²) in [6.45, 7) is 10.4. The molecule has 0 aromatic carbocycles. The molecule has 2 heteroatoms. The maximum absolute atomic E-state index is 6.71. The number of rotatable bonds is 17. The first-order valence-corrected chi connectivity index (χ1v) is 17.6. The van der Waals surface area contributed by atoms with Gasteiger partial charge < -0.3 is 0 Å². The standard InChI is InChI=1S/C9H19O.2C4H9.C3H7.Sn/c1-2-3-4-5-6-7-8-9-10;2*1-3-4-2;1-3-2;/h2-9H2,1H3;2*1,3-4H2,2H3;1,3H2,2H3;/q-1;;;;+1. The van der Waals surface area contributed by atoms with Gasteiger partial charge in [-0.25, -0.2) is 0 Å². The summed E-state index contributed by atoms with van der Waals surface area (Å²) >= 11 is -2.25. The van der Waals surface area contributed by atoms with Crippen molar-refractivity contribution in [1.82, 2.24) is 0 Å². The van der Waals surface area contributed by atoms with E-state index in [-0.39, 0.29) is 0 Å². The van der Waals surface area contributed by atoms with Crippen LogP contribution in [-0.2, 0) is 3.07 Å². The van der Waals surface area contributed by atoms with Crippen molar-refractivity contribution in [2.24, 2.45) is 0 Å². The maximum atomic E-state index is 6.71. The summed E-state index contributed by atoms with van der Waals surface area (Å²) in [5, 5.41) is 0. The average Bonchev–Trinajstić information content (AvgIpc) is 2.53. The van der Waals surface area contributed by atoms with E-state index >= 15 is 0 Å². The molecule has 22 heavy (non-hydrogen) atoms. The van der Waals surface area contributed by atoms with E-state index in [0.29, 0.717) is 0 Å².